The fraction of sp³-hybridized carbons (Fsp3) is 0.444. The summed E-state index contributed by atoms with van der Waals surface area (Å²) in [4.78, 5) is 36.2. The van der Waals surface area contributed by atoms with Crippen LogP contribution in [0.25, 0.3) is 11.1 Å². The third kappa shape index (κ3) is 5.76. The molecule has 0 aromatic heterocycles. The van der Waals surface area contributed by atoms with Crippen LogP contribution in [0, 0.1) is 5.41 Å². The minimum atomic E-state index is -0.995. The third-order valence-corrected chi connectivity index (χ3v) is 6.73. The van der Waals surface area contributed by atoms with Crippen LogP contribution in [0.5, 0.6) is 0 Å². The number of fused-ring (bicyclic) bond motifs is 3. The molecule has 2 aromatic rings. The molecule has 7 heteroatoms. The molecule has 1 unspecified atom stereocenters. The van der Waals surface area contributed by atoms with Gasteiger partial charge in [0.2, 0.25) is 5.91 Å². The molecule has 182 valence electrons. The Morgan fingerprint density at radius 1 is 0.971 bits per heavy atom. The number of carboxylic acids is 1. The van der Waals surface area contributed by atoms with Gasteiger partial charge in [-0.25, -0.2) is 4.79 Å². The first-order valence-corrected chi connectivity index (χ1v) is 11.7. The second-order valence-corrected chi connectivity index (χ2v) is 9.83. The van der Waals surface area contributed by atoms with E-state index in [0.717, 1.165) is 11.1 Å². The lowest BCUT2D eigenvalue weighted by Gasteiger charge is -2.27. The number of alkyl carbamates (subject to hydrolysis) is 1. The van der Waals surface area contributed by atoms with E-state index in [1.54, 1.807) is 13.8 Å². The monoisotopic (exact) mass is 466 g/mol. The van der Waals surface area contributed by atoms with Crippen molar-refractivity contribution >= 4 is 18.0 Å². The average molecular weight is 467 g/mol. The molecule has 0 saturated heterocycles. The average Bonchev–Trinajstić information content (AvgIpc) is 3.13. The highest BCUT2D eigenvalue weighted by Crippen LogP contribution is 2.44. The van der Waals surface area contributed by atoms with Crippen LogP contribution in [-0.4, -0.2) is 41.8 Å². The number of nitrogens with one attached hydrogen (secondary N) is 2. The highest BCUT2D eigenvalue weighted by atomic mass is 16.5. The Labute approximate surface area is 200 Å². The topological polar surface area (TPSA) is 105 Å². The summed E-state index contributed by atoms with van der Waals surface area (Å²) in [6.07, 6.45) is 0.434. The van der Waals surface area contributed by atoms with E-state index in [9.17, 15) is 19.5 Å². The number of benzene rings is 2. The molecule has 3 N–H and O–H groups in total. The molecule has 2 aromatic carbocycles. The molecular formula is C27H34N2O5. The number of carbonyl (C=O) groups excluding carboxylic acids is 2. The first kappa shape index (κ1) is 25.3. The number of ether oxygens (including phenoxy) is 1. The van der Waals surface area contributed by atoms with Gasteiger partial charge >= 0.3 is 12.1 Å². The van der Waals surface area contributed by atoms with Gasteiger partial charge in [0.15, 0.2) is 0 Å². The number of amides is 2. The van der Waals surface area contributed by atoms with Crippen molar-refractivity contribution in [3.8, 4) is 11.1 Å². The van der Waals surface area contributed by atoms with Gasteiger partial charge in [-0.3, -0.25) is 9.59 Å². The lowest BCUT2D eigenvalue weighted by molar-refractivity contribution is -0.148. The summed E-state index contributed by atoms with van der Waals surface area (Å²) in [7, 11) is 0. The smallest absolute Gasteiger partial charge is 0.407 e. The molecule has 3 rings (SSSR count). The van der Waals surface area contributed by atoms with E-state index >= 15 is 0 Å². The molecule has 0 spiro atoms. The molecule has 0 bridgehead atoms. The van der Waals surface area contributed by atoms with Crippen molar-refractivity contribution < 1.29 is 24.2 Å². The molecule has 1 aliphatic carbocycles. The van der Waals surface area contributed by atoms with E-state index < -0.39 is 23.0 Å². The van der Waals surface area contributed by atoms with Crippen LogP contribution in [0.4, 0.5) is 4.79 Å². The number of rotatable bonds is 10. The maximum absolute atomic E-state index is 12.6. The molecule has 1 aliphatic rings. The Balaban J connectivity index is 1.50. The second-order valence-electron chi connectivity index (χ2n) is 9.83. The maximum atomic E-state index is 12.6. The summed E-state index contributed by atoms with van der Waals surface area (Å²) < 4.78 is 5.60. The minimum absolute atomic E-state index is 0.0193. The molecule has 0 saturated carbocycles. The molecule has 0 radical (unpaired) electrons. The zero-order valence-electron chi connectivity index (χ0n) is 20.3. The summed E-state index contributed by atoms with van der Waals surface area (Å²) >= 11 is 0. The van der Waals surface area contributed by atoms with E-state index in [-0.39, 0.29) is 31.4 Å². The summed E-state index contributed by atoms with van der Waals surface area (Å²) in [5, 5.41) is 14.9. The van der Waals surface area contributed by atoms with Crippen LogP contribution >= 0.6 is 0 Å². The van der Waals surface area contributed by atoms with Gasteiger partial charge in [-0.15, -0.1) is 0 Å². The van der Waals surface area contributed by atoms with Crippen LogP contribution in [0.15, 0.2) is 48.5 Å². The third-order valence-electron chi connectivity index (χ3n) is 6.73. The quantitative estimate of drug-likeness (QED) is 0.471. The second kappa shape index (κ2) is 10.3. The van der Waals surface area contributed by atoms with Gasteiger partial charge in [-0.1, -0.05) is 55.5 Å². The largest absolute Gasteiger partial charge is 0.481 e. The van der Waals surface area contributed by atoms with E-state index in [1.807, 2.05) is 38.1 Å². The van der Waals surface area contributed by atoms with Gasteiger partial charge in [0.1, 0.15) is 6.61 Å². The van der Waals surface area contributed by atoms with Crippen LogP contribution < -0.4 is 10.6 Å². The lowest BCUT2D eigenvalue weighted by Crippen LogP contribution is -2.45. The number of carbonyl (C=O) groups is 3. The predicted molar refractivity (Wildman–Crippen MR) is 131 cm³/mol. The summed E-state index contributed by atoms with van der Waals surface area (Å²) in [6, 6.07) is 16.3. The van der Waals surface area contributed by atoms with Crippen molar-refractivity contribution in [1.82, 2.24) is 10.6 Å². The SMILES string of the molecule is CCC(C)(CNC(=O)CCC(C)(C)NC(=O)OCC1c2ccccc2-c2ccccc21)C(=O)O. The molecule has 0 aliphatic heterocycles. The Morgan fingerprint density at radius 2 is 1.53 bits per heavy atom. The van der Waals surface area contributed by atoms with Crippen molar-refractivity contribution in [1.29, 1.82) is 0 Å². The molecule has 0 fully saturated rings. The van der Waals surface area contributed by atoms with E-state index in [2.05, 4.69) is 34.9 Å². The lowest BCUT2D eigenvalue weighted by atomic mass is 9.87. The van der Waals surface area contributed by atoms with E-state index in [1.165, 1.54) is 11.1 Å². The van der Waals surface area contributed by atoms with E-state index in [0.29, 0.717) is 12.8 Å². The first-order valence-electron chi connectivity index (χ1n) is 11.7. The van der Waals surface area contributed by atoms with E-state index in [4.69, 9.17) is 4.74 Å². The first-order chi connectivity index (χ1) is 16.1. The Kier molecular flexibility index (Phi) is 7.64. The molecular weight excluding hydrogens is 432 g/mol. The zero-order chi connectivity index (χ0) is 24.9. The molecule has 0 heterocycles. The number of aliphatic carboxylic acids is 1. The van der Waals surface area contributed by atoms with Crippen molar-refractivity contribution in [3.63, 3.8) is 0 Å². The van der Waals surface area contributed by atoms with Gasteiger partial charge < -0.3 is 20.5 Å². The van der Waals surface area contributed by atoms with Crippen molar-refractivity contribution in [2.24, 2.45) is 5.41 Å². The summed E-state index contributed by atoms with van der Waals surface area (Å²) in [6.45, 7) is 7.34. The van der Waals surface area contributed by atoms with Crippen LogP contribution in [-0.2, 0) is 14.3 Å². The summed E-state index contributed by atoms with van der Waals surface area (Å²) in [5.74, 6) is -1.20. The fourth-order valence-corrected chi connectivity index (χ4v) is 4.13. The normalized spacial score (nSPS) is 14.5. The minimum Gasteiger partial charge on any atom is -0.481 e. The maximum Gasteiger partial charge on any atom is 0.407 e. The van der Waals surface area contributed by atoms with Crippen LogP contribution in [0.1, 0.15) is 64.0 Å². The van der Waals surface area contributed by atoms with Gasteiger partial charge in [0.25, 0.3) is 0 Å². The van der Waals surface area contributed by atoms with Crippen molar-refractivity contribution in [2.75, 3.05) is 13.2 Å². The fourth-order valence-electron chi connectivity index (χ4n) is 4.13. The molecule has 7 nitrogen and oxygen atoms in total. The highest BCUT2D eigenvalue weighted by Gasteiger charge is 2.32. The van der Waals surface area contributed by atoms with Gasteiger partial charge in [0.05, 0.1) is 5.41 Å². The number of hydrogen-bond donors (Lipinski definition) is 3. The van der Waals surface area contributed by atoms with Gasteiger partial charge in [-0.05, 0) is 55.9 Å². The van der Waals surface area contributed by atoms with Gasteiger partial charge in [0, 0.05) is 24.4 Å². The number of carboxylic acid groups (broad SMARTS) is 1. The zero-order valence-corrected chi connectivity index (χ0v) is 20.3. The molecule has 1 atom stereocenters. The van der Waals surface area contributed by atoms with Crippen molar-refractivity contribution in [2.45, 2.75) is 58.4 Å². The summed E-state index contributed by atoms with van der Waals surface area (Å²) in [5.41, 5.74) is 2.97. The van der Waals surface area contributed by atoms with Gasteiger partial charge in [-0.2, -0.15) is 0 Å². The van der Waals surface area contributed by atoms with Crippen LogP contribution in [0.2, 0.25) is 0 Å². The molecule has 2 amide bonds. The predicted octanol–water partition coefficient (Wildman–Crippen LogP) is 4.70. The Morgan fingerprint density at radius 3 is 2.06 bits per heavy atom. The van der Waals surface area contributed by atoms with Crippen LogP contribution in [0.3, 0.4) is 0 Å². The van der Waals surface area contributed by atoms with Crippen molar-refractivity contribution in [3.05, 3.63) is 59.7 Å². The number of hydrogen-bond acceptors (Lipinski definition) is 4. The Hall–Kier alpha value is -3.35. The standard InChI is InChI=1S/C27H34N2O5/c1-5-27(4,24(31)32)17-28-23(30)14-15-26(2,3)29-25(33)34-16-22-20-12-8-6-10-18(20)19-11-7-9-13-21(19)22/h6-13,22H,5,14-17H2,1-4H3,(H,28,30)(H,29,33)(H,31,32). The molecule has 34 heavy (non-hydrogen) atoms. The highest BCUT2D eigenvalue weighted by molar-refractivity contribution is 5.80. The Bertz CT molecular complexity index is 1020.